The van der Waals surface area contributed by atoms with E-state index >= 15 is 0 Å². The number of nitrogens with zero attached hydrogens (tertiary/aromatic N) is 2. The molecular weight excluding hydrogens is 254 g/mol. The van der Waals surface area contributed by atoms with Gasteiger partial charge in [-0.15, -0.1) is 0 Å². The van der Waals surface area contributed by atoms with Crippen LogP contribution in [-0.4, -0.2) is 42.4 Å². The van der Waals surface area contributed by atoms with Crippen LogP contribution in [0.3, 0.4) is 0 Å². The Kier molecular flexibility index (Phi) is 7.05. The van der Waals surface area contributed by atoms with Crippen LogP contribution in [-0.2, 0) is 22.4 Å². The van der Waals surface area contributed by atoms with E-state index in [2.05, 4.69) is 36.1 Å². The molecular formula is C15H27N3O2. The number of aryl methyl sites for hydroxylation is 1. The molecule has 1 rings (SSSR count). The first-order valence-electron chi connectivity index (χ1n) is 7.06. The summed E-state index contributed by atoms with van der Waals surface area (Å²) < 4.78 is 10.4. The quantitative estimate of drug-likeness (QED) is 0.737. The number of aromatic nitrogens is 2. The number of nitrogens with one attached hydrogen (secondary N) is 1. The van der Waals surface area contributed by atoms with Gasteiger partial charge in [0.15, 0.2) is 0 Å². The molecule has 0 aliphatic rings. The normalized spacial score (nSPS) is 11.8. The zero-order valence-electron chi connectivity index (χ0n) is 13.3. The Morgan fingerprint density at radius 3 is 2.55 bits per heavy atom. The first-order chi connectivity index (χ1) is 9.40. The molecule has 5 nitrogen and oxygen atoms in total. The van der Waals surface area contributed by atoms with Gasteiger partial charge < -0.3 is 14.8 Å². The molecule has 0 spiro atoms. The molecule has 1 aromatic rings. The van der Waals surface area contributed by atoms with E-state index in [4.69, 9.17) is 9.47 Å². The molecule has 0 aromatic carbocycles. The van der Waals surface area contributed by atoms with Crippen molar-refractivity contribution < 1.29 is 9.47 Å². The summed E-state index contributed by atoms with van der Waals surface area (Å²) in [6.45, 7) is 11.0. The molecule has 0 atom stereocenters. The summed E-state index contributed by atoms with van der Waals surface area (Å²) in [6.07, 6.45) is 0.730. The van der Waals surface area contributed by atoms with Crippen LogP contribution < -0.4 is 5.32 Å². The van der Waals surface area contributed by atoms with Gasteiger partial charge in [0.2, 0.25) is 0 Å². The molecule has 0 aliphatic carbocycles. The molecule has 1 aromatic heterocycles. The summed E-state index contributed by atoms with van der Waals surface area (Å²) in [5, 5.41) is 3.44. The topological polar surface area (TPSA) is 56.3 Å². The van der Waals surface area contributed by atoms with Crippen LogP contribution in [0.25, 0.3) is 0 Å². The molecule has 0 aliphatic heterocycles. The summed E-state index contributed by atoms with van der Waals surface area (Å²) in [4.78, 5) is 9.02. The van der Waals surface area contributed by atoms with Crippen LogP contribution in [0.15, 0.2) is 6.07 Å². The maximum Gasteiger partial charge on any atom is 0.131 e. The Bertz CT molecular complexity index is 403. The number of ether oxygens (including phenoxy) is 2. The van der Waals surface area contributed by atoms with Gasteiger partial charge in [-0.3, -0.25) is 0 Å². The van der Waals surface area contributed by atoms with Gasteiger partial charge in [-0.05, 0) is 33.8 Å². The van der Waals surface area contributed by atoms with Crippen molar-refractivity contribution in [2.75, 3.05) is 26.9 Å². The smallest absolute Gasteiger partial charge is 0.131 e. The molecule has 0 unspecified atom stereocenters. The first kappa shape index (κ1) is 17.0. The second-order valence-corrected chi connectivity index (χ2v) is 5.88. The third-order valence-electron chi connectivity index (χ3n) is 2.66. The Morgan fingerprint density at radius 1 is 1.15 bits per heavy atom. The van der Waals surface area contributed by atoms with E-state index in [9.17, 15) is 0 Å². The van der Waals surface area contributed by atoms with Crippen molar-refractivity contribution in [1.82, 2.24) is 15.3 Å². The highest BCUT2D eigenvalue weighted by Crippen LogP contribution is 2.05. The van der Waals surface area contributed by atoms with Gasteiger partial charge in [0, 0.05) is 31.3 Å². The molecule has 1 N–H and O–H groups in total. The summed E-state index contributed by atoms with van der Waals surface area (Å²) >= 11 is 0. The van der Waals surface area contributed by atoms with Crippen molar-refractivity contribution in [3.8, 4) is 0 Å². The summed E-state index contributed by atoms with van der Waals surface area (Å²) in [5.41, 5.74) is 2.11. The van der Waals surface area contributed by atoms with Gasteiger partial charge >= 0.3 is 0 Å². The van der Waals surface area contributed by atoms with Crippen molar-refractivity contribution in [3.05, 3.63) is 23.3 Å². The van der Waals surface area contributed by atoms with E-state index < -0.39 is 0 Å². The largest absolute Gasteiger partial charge is 0.382 e. The fourth-order valence-electron chi connectivity index (χ4n) is 1.67. The fraction of sp³-hybridized carbons (Fsp3) is 0.733. The van der Waals surface area contributed by atoms with Gasteiger partial charge in [-0.1, -0.05) is 0 Å². The molecule has 0 amide bonds. The third kappa shape index (κ3) is 7.53. The number of rotatable bonds is 8. The molecule has 0 bridgehead atoms. The highest BCUT2D eigenvalue weighted by Gasteiger charge is 2.10. The Morgan fingerprint density at radius 2 is 1.90 bits per heavy atom. The lowest BCUT2D eigenvalue weighted by molar-refractivity contribution is 0.0716. The number of methoxy groups -OCH3 is 1. The van der Waals surface area contributed by atoms with Crippen LogP contribution >= 0.6 is 0 Å². The zero-order chi connectivity index (χ0) is 15.0. The first-order valence-corrected chi connectivity index (χ1v) is 7.06. The monoisotopic (exact) mass is 281 g/mol. The minimum Gasteiger partial charge on any atom is -0.382 e. The van der Waals surface area contributed by atoms with Crippen molar-refractivity contribution in [3.63, 3.8) is 0 Å². The van der Waals surface area contributed by atoms with Crippen LogP contribution in [0.4, 0.5) is 0 Å². The van der Waals surface area contributed by atoms with E-state index in [1.165, 1.54) is 0 Å². The lowest BCUT2D eigenvalue weighted by Crippen LogP contribution is -2.35. The fourth-order valence-corrected chi connectivity index (χ4v) is 1.67. The average Bonchev–Trinajstić information content (AvgIpc) is 2.35. The van der Waals surface area contributed by atoms with Gasteiger partial charge in [0.05, 0.1) is 25.5 Å². The molecule has 0 saturated carbocycles. The number of hydrogen-bond acceptors (Lipinski definition) is 5. The predicted octanol–water partition coefficient (Wildman–Crippen LogP) is 1.88. The van der Waals surface area contributed by atoms with Crippen molar-refractivity contribution in [1.29, 1.82) is 0 Å². The third-order valence-corrected chi connectivity index (χ3v) is 2.66. The van der Waals surface area contributed by atoms with Gasteiger partial charge in [-0.2, -0.15) is 0 Å². The second-order valence-electron chi connectivity index (χ2n) is 5.88. The van der Waals surface area contributed by atoms with E-state index in [0.29, 0.717) is 19.8 Å². The van der Waals surface area contributed by atoms with Gasteiger partial charge in [0.25, 0.3) is 0 Å². The molecule has 0 radical (unpaired) electrons. The van der Waals surface area contributed by atoms with Crippen LogP contribution in [0.1, 0.15) is 38.0 Å². The lowest BCUT2D eigenvalue weighted by Gasteiger charge is -2.20. The number of hydrogen-bond donors (Lipinski definition) is 1. The van der Waals surface area contributed by atoms with Crippen molar-refractivity contribution in [2.45, 2.75) is 46.2 Å². The second kappa shape index (κ2) is 8.29. The Balaban J connectivity index is 2.49. The average molecular weight is 281 g/mol. The minimum absolute atomic E-state index is 0.0856. The van der Waals surface area contributed by atoms with Crippen LogP contribution in [0, 0.1) is 6.92 Å². The van der Waals surface area contributed by atoms with Crippen molar-refractivity contribution in [2.24, 2.45) is 0 Å². The van der Waals surface area contributed by atoms with Gasteiger partial charge in [-0.25, -0.2) is 9.97 Å². The highest BCUT2D eigenvalue weighted by atomic mass is 16.5. The SMILES string of the molecule is COCCOCCc1nc(C)cc(CNC(C)(C)C)n1. The molecule has 0 saturated heterocycles. The summed E-state index contributed by atoms with van der Waals surface area (Å²) in [5.74, 6) is 0.841. The minimum atomic E-state index is 0.0856. The Labute approximate surface area is 122 Å². The van der Waals surface area contributed by atoms with E-state index in [1.54, 1.807) is 7.11 Å². The van der Waals surface area contributed by atoms with E-state index in [0.717, 1.165) is 30.2 Å². The predicted molar refractivity (Wildman–Crippen MR) is 79.8 cm³/mol. The standard InChI is InChI=1S/C15H27N3O2/c1-12-10-13(11-16-15(2,3)4)18-14(17-12)6-7-20-9-8-19-5/h10,16H,6-9,11H2,1-5H3. The lowest BCUT2D eigenvalue weighted by atomic mass is 10.1. The molecule has 5 heteroatoms. The highest BCUT2D eigenvalue weighted by molar-refractivity contribution is 5.10. The molecule has 114 valence electrons. The van der Waals surface area contributed by atoms with Crippen LogP contribution in [0.2, 0.25) is 0 Å². The van der Waals surface area contributed by atoms with E-state index in [-0.39, 0.29) is 5.54 Å². The maximum absolute atomic E-state index is 5.45. The van der Waals surface area contributed by atoms with Gasteiger partial charge in [0.1, 0.15) is 5.82 Å². The Hall–Kier alpha value is -1.04. The molecule has 0 fully saturated rings. The molecule has 20 heavy (non-hydrogen) atoms. The van der Waals surface area contributed by atoms with E-state index in [1.807, 2.05) is 13.0 Å². The van der Waals surface area contributed by atoms with Crippen LogP contribution in [0.5, 0.6) is 0 Å². The van der Waals surface area contributed by atoms with Crippen molar-refractivity contribution >= 4 is 0 Å². The summed E-state index contributed by atoms with van der Waals surface area (Å²) in [7, 11) is 1.67. The molecule has 1 heterocycles. The summed E-state index contributed by atoms with van der Waals surface area (Å²) in [6, 6.07) is 2.02. The maximum atomic E-state index is 5.45. The zero-order valence-corrected chi connectivity index (χ0v) is 13.3.